The van der Waals surface area contributed by atoms with Crippen molar-refractivity contribution in [1.29, 1.82) is 0 Å². The van der Waals surface area contributed by atoms with Gasteiger partial charge in [0.05, 0.1) is 12.4 Å². The number of hydrogen-bond acceptors (Lipinski definition) is 7. The monoisotopic (exact) mass is 478 g/mol. The van der Waals surface area contributed by atoms with Gasteiger partial charge in [0.25, 0.3) is 5.56 Å². The van der Waals surface area contributed by atoms with Crippen LogP contribution in [0, 0.1) is 13.8 Å². The Bertz CT molecular complexity index is 1410. The van der Waals surface area contributed by atoms with E-state index < -0.39 is 5.25 Å². The number of pyridine rings is 1. The van der Waals surface area contributed by atoms with Crippen LogP contribution in [0.25, 0.3) is 5.65 Å². The fraction of sp³-hybridized carbons (Fsp3) is 0.292. The number of methoxy groups -OCH3 is 1. The summed E-state index contributed by atoms with van der Waals surface area (Å²) in [6.07, 6.45) is 2.08. The summed E-state index contributed by atoms with van der Waals surface area (Å²) < 4.78 is 8.52. The Kier molecular flexibility index (Phi) is 6.69. The fourth-order valence-corrected chi connectivity index (χ4v) is 4.32. The summed E-state index contributed by atoms with van der Waals surface area (Å²) in [6.45, 7) is 5.57. The van der Waals surface area contributed by atoms with Crippen molar-refractivity contribution in [2.45, 2.75) is 37.6 Å². The number of rotatable bonds is 7. The summed E-state index contributed by atoms with van der Waals surface area (Å²) in [6, 6.07) is 10.9. The van der Waals surface area contributed by atoms with Gasteiger partial charge >= 0.3 is 0 Å². The van der Waals surface area contributed by atoms with Gasteiger partial charge in [-0.05, 0) is 56.7 Å². The quantitative estimate of drug-likeness (QED) is 0.407. The predicted molar refractivity (Wildman–Crippen MR) is 132 cm³/mol. The number of carbonyl (C=O) groups excluding carboxylic acids is 1. The number of benzene rings is 1. The third kappa shape index (κ3) is 4.81. The lowest BCUT2D eigenvalue weighted by Crippen LogP contribution is -2.23. The van der Waals surface area contributed by atoms with Gasteiger partial charge in [0.15, 0.2) is 5.16 Å². The number of aromatic nitrogens is 5. The van der Waals surface area contributed by atoms with E-state index in [1.54, 1.807) is 42.0 Å². The van der Waals surface area contributed by atoms with Crippen molar-refractivity contribution in [2.24, 2.45) is 7.05 Å². The molecule has 4 aromatic rings. The molecule has 0 aliphatic rings. The van der Waals surface area contributed by atoms with Gasteiger partial charge < -0.3 is 14.6 Å². The number of amides is 1. The Balaban J connectivity index is 1.49. The van der Waals surface area contributed by atoms with Crippen molar-refractivity contribution in [3.8, 4) is 5.75 Å². The second kappa shape index (κ2) is 9.68. The highest BCUT2D eigenvalue weighted by atomic mass is 32.2. The molecule has 176 valence electrons. The molecule has 3 heterocycles. The maximum Gasteiger partial charge on any atom is 0.261 e. The Morgan fingerprint density at radius 2 is 1.88 bits per heavy atom. The van der Waals surface area contributed by atoms with Gasteiger partial charge in [-0.25, -0.2) is 4.98 Å². The largest absolute Gasteiger partial charge is 0.497 e. The van der Waals surface area contributed by atoms with E-state index in [2.05, 4.69) is 20.5 Å². The Labute approximate surface area is 201 Å². The highest BCUT2D eigenvalue weighted by Crippen LogP contribution is 2.24. The molecule has 0 bridgehead atoms. The van der Waals surface area contributed by atoms with Gasteiger partial charge in [-0.15, -0.1) is 10.2 Å². The number of nitrogens with zero attached hydrogens (tertiary/aromatic N) is 5. The topological polar surface area (TPSA) is 103 Å². The zero-order chi connectivity index (χ0) is 24.4. The molecule has 1 unspecified atom stereocenters. The van der Waals surface area contributed by atoms with E-state index in [9.17, 15) is 9.59 Å². The number of ether oxygens (including phenoxy) is 1. The SMILES string of the molecule is COc1ccc(NC(=O)C(C)Sc2nnc(Cc3c(C)nc4ccc(C)cn4c3=O)n2C)cc1. The summed E-state index contributed by atoms with van der Waals surface area (Å²) in [5, 5.41) is 11.6. The van der Waals surface area contributed by atoms with Crippen molar-refractivity contribution in [3.05, 3.63) is 75.6 Å². The van der Waals surface area contributed by atoms with Crippen molar-refractivity contribution in [1.82, 2.24) is 24.1 Å². The summed E-state index contributed by atoms with van der Waals surface area (Å²) in [5.41, 5.74) is 3.40. The van der Waals surface area contributed by atoms with Crippen molar-refractivity contribution < 1.29 is 9.53 Å². The molecule has 0 radical (unpaired) electrons. The number of carbonyl (C=O) groups is 1. The highest BCUT2D eigenvalue weighted by molar-refractivity contribution is 8.00. The Morgan fingerprint density at radius 3 is 2.59 bits per heavy atom. The van der Waals surface area contributed by atoms with Crippen molar-refractivity contribution in [2.75, 3.05) is 12.4 Å². The molecule has 0 saturated carbocycles. The van der Waals surface area contributed by atoms with E-state index in [-0.39, 0.29) is 11.5 Å². The molecule has 9 nitrogen and oxygen atoms in total. The highest BCUT2D eigenvalue weighted by Gasteiger charge is 2.20. The fourth-order valence-electron chi connectivity index (χ4n) is 3.49. The average Bonchev–Trinajstić information content (AvgIpc) is 3.16. The van der Waals surface area contributed by atoms with Gasteiger partial charge in [0.2, 0.25) is 5.91 Å². The van der Waals surface area contributed by atoms with Gasteiger partial charge in [0, 0.05) is 36.6 Å². The van der Waals surface area contributed by atoms with Gasteiger partial charge in [-0.3, -0.25) is 14.0 Å². The third-order valence-electron chi connectivity index (χ3n) is 5.54. The number of hydrogen-bond donors (Lipinski definition) is 1. The van der Waals surface area contributed by atoms with E-state index in [4.69, 9.17) is 4.74 Å². The van der Waals surface area contributed by atoms with E-state index in [0.29, 0.717) is 40.0 Å². The minimum atomic E-state index is -0.407. The van der Waals surface area contributed by atoms with Crippen LogP contribution < -0.4 is 15.6 Å². The van der Waals surface area contributed by atoms with Crippen LogP contribution in [0.15, 0.2) is 52.5 Å². The lowest BCUT2D eigenvalue weighted by molar-refractivity contribution is -0.115. The minimum Gasteiger partial charge on any atom is -0.497 e. The molecular weight excluding hydrogens is 452 g/mol. The van der Waals surface area contributed by atoms with Crippen molar-refractivity contribution >= 4 is 29.0 Å². The molecule has 4 rings (SSSR count). The number of nitrogens with one attached hydrogen (secondary N) is 1. The smallest absolute Gasteiger partial charge is 0.261 e. The van der Waals surface area contributed by atoms with Gasteiger partial charge in [0.1, 0.15) is 17.2 Å². The van der Waals surface area contributed by atoms with Crippen LogP contribution >= 0.6 is 11.8 Å². The van der Waals surface area contributed by atoms with Gasteiger partial charge in [-0.1, -0.05) is 17.8 Å². The van der Waals surface area contributed by atoms with Crippen LogP contribution in [-0.2, 0) is 18.3 Å². The van der Waals surface area contributed by atoms with Crippen LogP contribution in [0.5, 0.6) is 5.75 Å². The first-order valence-corrected chi connectivity index (χ1v) is 11.6. The molecule has 10 heteroatoms. The standard InChI is InChI=1S/C24H26N6O3S/c1-14-6-11-20-25-15(2)19(23(32)30(20)13-14)12-21-27-28-24(29(21)4)34-16(3)22(31)26-17-7-9-18(33-5)10-8-17/h6-11,13,16H,12H2,1-5H3,(H,26,31). The molecule has 1 aromatic carbocycles. The zero-order valence-corrected chi connectivity index (χ0v) is 20.5. The molecule has 34 heavy (non-hydrogen) atoms. The minimum absolute atomic E-state index is 0.115. The molecule has 1 N–H and O–H groups in total. The third-order valence-corrected chi connectivity index (χ3v) is 6.67. The Hall–Kier alpha value is -3.66. The number of thioether (sulfide) groups is 1. The number of aryl methyl sites for hydroxylation is 2. The summed E-state index contributed by atoms with van der Waals surface area (Å²) in [7, 11) is 3.42. The van der Waals surface area contributed by atoms with Crippen molar-refractivity contribution in [3.63, 3.8) is 0 Å². The summed E-state index contributed by atoms with van der Waals surface area (Å²) >= 11 is 1.30. The van der Waals surface area contributed by atoms with Crippen LogP contribution in [0.4, 0.5) is 5.69 Å². The van der Waals surface area contributed by atoms with Crippen LogP contribution in [-0.4, -0.2) is 42.4 Å². The predicted octanol–water partition coefficient (Wildman–Crippen LogP) is 3.16. The number of fused-ring (bicyclic) bond motifs is 1. The molecule has 0 aliphatic heterocycles. The lowest BCUT2D eigenvalue weighted by Gasteiger charge is -2.12. The first-order chi connectivity index (χ1) is 16.3. The van der Waals surface area contributed by atoms with E-state index in [1.165, 1.54) is 11.8 Å². The zero-order valence-electron chi connectivity index (χ0n) is 19.7. The summed E-state index contributed by atoms with van der Waals surface area (Å²) in [5.74, 6) is 1.20. The molecule has 3 aromatic heterocycles. The van der Waals surface area contributed by atoms with E-state index in [0.717, 1.165) is 11.3 Å². The molecule has 0 saturated heterocycles. The molecule has 0 aliphatic carbocycles. The first kappa shape index (κ1) is 23.5. The van der Waals surface area contributed by atoms with Crippen LogP contribution in [0.1, 0.15) is 29.6 Å². The summed E-state index contributed by atoms with van der Waals surface area (Å²) in [4.78, 5) is 30.3. The second-order valence-electron chi connectivity index (χ2n) is 8.03. The van der Waals surface area contributed by atoms with Gasteiger partial charge in [-0.2, -0.15) is 0 Å². The van der Waals surface area contributed by atoms with E-state index >= 15 is 0 Å². The first-order valence-electron chi connectivity index (χ1n) is 10.7. The van der Waals surface area contributed by atoms with E-state index in [1.807, 2.05) is 44.5 Å². The normalized spacial score (nSPS) is 12.0. The molecular formula is C24H26N6O3S. The lowest BCUT2D eigenvalue weighted by atomic mass is 10.1. The maximum atomic E-state index is 13.1. The van der Waals surface area contributed by atoms with Crippen LogP contribution in [0.2, 0.25) is 0 Å². The van der Waals surface area contributed by atoms with Crippen LogP contribution in [0.3, 0.4) is 0 Å². The molecule has 0 fully saturated rings. The molecule has 0 spiro atoms. The molecule has 1 amide bonds. The maximum absolute atomic E-state index is 13.1. The number of anilines is 1. The average molecular weight is 479 g/mol. The second-order valence-corrected chi connectivity index (χ2v) is 9.34. The molecule has 1 atom stereocenters. The Morgan fingerprint density at radius 1 is 1.15 bits per heavy atom.